The third-order valence-corrected chi connectivity index (χ3v) is 7.22. The number of rotatable bonds is 5. The van der Waals surface area contributed by atoms with Crippen molar-refractivity contribution in [3.8, 4) is 11.3 Å². The number of aromatic nitrogens is 1. The minimum Gasteiger partial charge on any atom is -0.354 e. The molecule has 0 spiro atoms. The number of hydrogen-bond acceptors (Lipinski definition) is 1. The molecule has 1 N–H and O–H groups in total. The second-order valence-corrected chi connectivity index (χ2v) is 9.61. The number of H-pyrrole nitrogens is 1. The number of amides is 1. The molecule has 1 aliphatic heterocycles. The van der Waals surface area contributed by atoms with Crippen LogP contribution in [0.25, 0.3) is 22.2 Å². The van der Waals surface area contributed by atoms with Gasteiger partial charge in [0.25, 0.3) is 5.91 Å². The molecular formula is C30H23BrN2O. The number of benzene rings is 4. The Morgan fingerprint density at radius 2 is 1.50 bits per heavy atom. The van der Waals surface area contributed by atoms with Crippen molar-refractivity contribution >= 4 is 32.7 Å². The molecule has 34 heavy (non-hydrogen) atoms. The first kappa shape index (κ1) is 20.9. The summed E-state index contributed by atoms with van der Waals surface area (Å²) in [6.07, 6.45) is 0.813. The van der Waals surface area contributed by atoms with E-state index < -0.39 is 0 Å². The molecule has 166 valence electrons. The number of carbonyl (C=O) groups excluding carboxylic acids is 1. The number of fused-ring (bicyclic) bond motifs is 2. The van der Waals surface area contributed by atoms with E-state index in [4.69, 9.17) is 0 Å². The largest absolute Gasteiger partial charge is 0.354 e. The van der Waals surface area contributed by atoms with Crippen molar-refractivity contribution in [1.29, 1.82) is 0 Å². The predicted octanol–water partition coefficient (Wildman–Crippen LogP) is 7.39. The smallest absolute Gasteiger partial charge is 0.255 e. The molecular weight excluding hydrogens is 484 g/mol. The highest BCUT2D eigenvalue weighted by atomic mass is 79.9. The standard InChI is InChI=1S/C30H23BrN2O/c31-22-16-14-21(15-17-22)28-27(25-12-6-7-13-26(25)32-28)29-23-10-4-5-11-24(23)30(34)33(29)19-18-20-8-2-1-3-9-20/h1-17,29,32H,18-19H2. The highest BCUT2D eigenvalue weighted by Gasteiger charge is 2.39. The fraction of sp³-hybridized carbons (Fsp3) is 0.100. The number of carbonyl (C=O) groups is 1. The van der Waals surface area contributed by atoms with Gasteiger partial charge in [0.2, 0.25) is 0 Å². The van der Waals surface area contributed by atoms with Crippen LogP contribution in [0, 0.1) is 0 Å². The lowest BCUT2D eigenvalue weighted by molar-refractivity contribution is 0.0753. The topological polar surface area (TPSA) is 36.1 Å². The summed E-state index contributed by atoms with van der Waals surface area (Å²) in [5.74, 6) is 0.101. The molecule has 0 aliphatic carbocycles. The summed E-state index contributed by atoms with van der Waals surface area (Å²) in [6, 6.07) is 35.0. The lowest BCUT2D eigenvalue weighted by atomic mass is 9.93. The maximum atomic E-state index is 13.7. The van der Waals surface area contributed by atoms with Crippen LogP contribution in [0.2, 0.25) is 0 Å². The summed E-state index contributed by atoms with van der Waals surface area (Å²) in [5.41, 5.74) is 7.51. The van der Waals surface area contributed by atoms with Crippen molar-refractivity contribution in [3.63, 3.8) is 0 Å². The molecule has 0 saturated carbocycles. The summed E-state index contributed by atoms with van der Waals surface area (Å²) in [5, 5.41) is 1.15. The van der Waals surface area contributed by atoms with Crippen molar-refractivity contribution in [2.75, 3.05) is 6.54 Å². The summed E-state index contributed by atoms with van der Waals surface area (Å²) in [7, 11) is 0. The zero-order chi connectivity index (χ0) is 23.1. The number of hydrogen-bond donors (Lipinski definition) is 1. The average Bonchev–Trinajstić information content (AvgIpc) is 3.39. The second-order valence-electron chi connectivity index (χ2n) is 8.69. The minimum atomic E-state index is -0.151. The van der Waals surface area contributed by atoms with Gasteiger partial charge < -0.3 is 9.88 Å². The Labute approximate surface area is 207 Å². The zero-order valence-corrected chi connectivity index (χ0v) is 20.1. The fourth-order valence-corrected chi connectivity index (χ4v) is 5.36. The molecule has 1 aromatic heterocycles. The van der Waals surface area contributed by atoms with Crippen molar-refractivity contribution in [1.82, 2.24) is 9.88 Å². The van der Waals surface area contributed by atoms with Gasteiger partial charge in [-0.25, -0.2) is 0 Å². The lowest BCUT2D eigenvalue weighted by Gasteiger charge is -2.27. The zero-order valence-electron chi connectivity index (χ0n) is 18.5. The van der Waals surface area contributed by atoms with Crippen LogP contribution in [0.1, 0.15) is 33.1 Å². The van der Waals surface area contributed by atoms with Gasteiger partial charge in [0.1, 0.15) is 0 Å². The molecule has 3 nitrogen and oxygen atoms in total. The SMILES string of the molecule is O=C1c2ccccc2C(c2c(-c3ccc(Br)cc3)[nH]c3ccccc23)N1CCc1ccccc1. The Morgan fingerprint density at radius 1 is 0.794 bits per heavy atom. The molecule has 0 fully saturated rings. The first-order chi connectivity index (χ1) is 16.7. The van der Waals surface area contributed by atoms with E-state index in [0.717, 1.165) is 49.7 Å². The van der Waals surface area contributed by atoms with Crippen molar-refractivity contribution < 1.29 is 4.79 Å². The van der Waals surface area contributed by atoms with Gasteiger partial charge in [0, 0.05) is 33.0 Å². The first-order valence-electron chi connectivity index (χ1n) is 11.5. The van der Waals surface area contributed by atoms with Gasteiger partial charge in [-0.1, -0.05) is 94.8 Å². The Balaban J connectivity index is 1.53. The first-order valence-corrected chi connectivity index (χ1v) is 12.3. The normalized spacial score (nSPS) is 15.1. The maximum Gasteiger partial charge on any atom is 0.255 e. The third kappa shape index (κ3) is 3.55. The van der Waals surface area contributed by atoms with E-state index in [9.17, 15) is 4.79 Å². The molecule has 5 aromatic rings. The van der Waals surface area contributed by atoms with Crippen LogP contribution in [-0.2, 0) is 6.42 Å². The van der Waals surface area contributed by atoms with Crippen molar-refractivity contribution in [2.24, 2.45) is 0 Å². The van der Waals surface area contributed by atoms with Gasteiger partial charge in [0.15, 0.2) is 0 Å². The van der Waals surface area contributed by atoms with Gasteiger partial charge >= 0.3 is 0 Å². The lowest BCUT2D eigenvalue weighted by Crippen LogP contribution is -2.31. The van der Waals surface area contributed by atoms with E-state index in [1.165, 1.54) is 5.56 Å². The minimum absolute atomic E-state index is 0.101. The van der Waals surface area contributed by atoms with Gasteiger partial charge in [0.05, 0.1) is 11.7 Å². The number of aromatic amines is 1. The Hall–Kier alpha value is -3.63. The fourth-order valence-electron chi connectivity index (χ4n) is 5.10. The van der Waals surface area contributed by atoms with Crippen LogP contribution < -0.4 is 0 Å². The van der Waals surface area contributed by atoms with E-state index in [2.05, 4.69) is 105 Å². The predicted molar refractivity (Wildman–Crippen MR) is 141 cm³/mol. The summed E-state index contributed by atoms with van der Waals surface area (Å²) in [6.45, 7) is 0.654. The summed E-state index contributed by atoms with van der Waals surface area (Å²) in [4.78, 5) is 19.4. The Morgan fingerprint density at radius 3 is 2.32 bits per heavy atom. The molecule has 0 radical (unpaired) electrons. The van der Waals surface area contributed by atoms with Crippen molar-refractivity contribution in [2.45, 2.75) is 12.5 Å². The van der Waals surface area contributed by atoms with Crippen LogP contribution in [0.4, 0.5) is 0 Å². The molecule has 0 bridgehead atoms. The average molecular weight is 507 g/mol. The van der Waals surface area contributed by atoms with Crippen LogP contribution >= 0.6 is 15.9 Å². The molecule has 2 heterocycles. The molecule has 1 atom stereocenters. The highest BCUT2D eigenvalue weighted by Crippen LogP contribution is 2.45. The quantitative estimate of drug-likeness (QED) is 0.265. The summed E-state index contributed by atoms with van der Waals surface area (Å²) < 4.78 is 1.04. The van der Waals surface area contributed by atoms with Gasteiger partial charge in [-0.2, -0.15) is 0 Å². The van der Waals surface area contributed by atoms with E-state index in [1.54, 1.807) is 0 Å². The van der Waals surface area contributed by atoms with Gasteiger partial charge in [-0.05, 0) is 47.4 Å². The molecule has 4 heteroatoms. The summed E-state index contributed by atoms with van der Waals surface area (Å²) >= 11 is 3.56. The number of halogens is 1. The molecule has 4 aromatic carbocycles. The molecule has 1 unspecified atom stereocenters. The third-order valence-electron chi connectivity index (χ3n) is 6.70. The molecule has 1 aliphatic rings. The van der Waals surface area contributed by atoms with Crippen LogP contribution in [0.15, 0.2) is 108 Å². The van der Waals surface area contributed by atoms with Gasteiger partial charge in [-0.15, -0.1) is 0 Å². The number of para-hydroxylation sites is 1. The van der Waals surface area contributed by atoms with E-state index in [0.29, 0.717) is 6.54 Å². The van der Waals surface area contributed by atoms with Crippen LogP contribution in [0.3, 0.4) is 0 Å². The van der Waals surface area contributed by atoms with E-state index in [1.807, 2.05) is 24.3 Å². The molecule has 1 amide bonds. The van der Waals surface area contributed by atoms with Crippen LogP contribution in [-0.4, -0.2) is 22.3 Å². The van der Waals surface area contributed by atoms with E-state index >= 15 is 0 Å². The number of nitrogens with one attached hydrogen (secondary N) is 1. The Kier molecular flexibility index (Phi) is 5.31. The second kappa shape index (κ2) is 8.62. The number of nitrogens with zero attached hydrogens (tertiary/aromatic N) is 1. The van der Waals surface area contributed by atoms with Crippen LogP contribution in [0.5, 0.6) is 0 Å². The van der Waals surface area contributed by atoms with Gasteiger partial charge in [-0.3, -0.25) is 4.79 Å². The molecule has 6 rings (SSSR count). The maximum absolute atomic E-state index is 13.7. The molecule has 0 saturated heterocycles. The Bertz CT molecular complexity index is 1490. The van der Waals surface area contributed by atoms with E-state index in [-0.39, 0.29) is 11.9 Å². The monoisotopic (exact) mass is 506 g/mol. The highest BCUT2D eigenvalue weighted by molar-refractivity contribution is 9.10. The van der Waals surface area contributed by atoms with Crippen molar-refractivity contribution in [3.05, 3.63) is 130 Å².